The number of halogens is 1. The highest BCUT2D eigenvalue weighted by Crippen LogP contribution is 2.17. The third kappa shape index (κ3) is 4.15. The molecule has 1 nitrogen and oxygen atoms in total. The molecule has 1 heterocycles. The van der Waals surface area contributed by atoms with Gasteiger partial charge in [0.05, 0.1) is 0 Å². The summed E-state index contributed by atoms with van der Waals surface area (Å²) in [5, 5.41) is 5.66. The first-order valence-corrected chi connectivity index (χ1v) is 7.60. The highest BCUT2D eigenvalue weighted by atomic mass is 32.1. The molecule has 1 N–H and O–H groups in total. The molecule has 0 aliphatic heterocycles. The first-order chi connectivity index (χ1) is 9.19. The Morgan fingerprint density at radius 2 is 2.16 bits per heavy atom. The van der Waals surface area contributed by atoms with Crippen LogP contribution in [-0.4, -0.2) is 6.04 Å². The highest BCUT2D eigenvalue weighted by molar-refractivity contribution is 7.10. The van der Waals surface area contributed by atoms with Crippen molar-refractivity contribution >= 4 is 11.3 Å². The predicted octanol–water partition coefficient (Wildman–Crippen LogP) is 4.17. The summed E-state index contributed by atoms with van der Waals surface area (Å²) in [5.74, 6) is -0.156. The summed E-state index contributed by atoms with van der Waals surface area (Å²) in [6.07, 6.45) is 1.93. The lowest BCUT2D eigenvalue weighted by Gasteiger charge is -2.14. The Balaban J connectivity index is 1.86. The van der Waals surface area contributed by atoms with Crippen molar-refractivity contribution in [3.63, 3.8) is 0 Å². The molecular weight excluding hydrogens is 257 g/mol. The summed E-state index contributed by atoms with van der Waals surface area (Å²) in [6.45, 7) is 5.23. The lowest BCUT2D eigenvalue weighted by Crippen LogP contribution is -2.27. The molecule has 0 saturated heterocycles. The van der Waals surface area contributed by atoms with Gasteiger partial charge in [-0.3, -0.25) is 0 Å². The number of nitrogens with one attached hydrogen (secondary N) is 1. The maximum atomic E-state index is 13.1. The number of thiophene rings is 1. The normalized spacial score (nSPS) is 12.6. The van der Waals surface area contributed by atoms with Crippen molar-refractivity contribution in [3.05, 3.63) is 57.5 Å². The average molecular weight is 277 g/mol. The topological polar surface area (TPSA) is 12.0 Å². The van der Waals surface area contributed by atoms with Gasteiger partial charge in [0.1, 0.15) is 5.82 Å². The number of hydrogen-bond acceptors (Lipinski definition) is 2. The van der Waals surface area contributed by atoms with E-state index in [1.165, 1.54) is 16.5 Å². The van der Waals surface area contributed by atoms with E-state index in [1.807, 2.05) is 6.07 Å². The van der Waals surface area contributed by atoms with Crippen LogP contribution in [0.4, 0.5) is 4.39 Å². The van der Waals surface area contributed by atoms with E-state index in [-0.39, 0.29) is 5.82 Å². The zero-order chi connectivity index (χ0) is 13.7. The molecule has 0 aliphatic carbocycles. The minimum Gasteiger partial charge on any atom is -0.309 e. The summed E-state index contributed by atoms with van der Waals surface area (Å²) < 4.78 is 13.1. The lowest BCUT2D eigenvalue weighted by molar-refractivity contribution is 0.544. The fraction of sp³-hybridized carbons (Fsp3) is 0.375. The minimum absolute atomic E-state index is 0.156. The lowest BCUT2D eigenvalue weighted by atomic mass is 10.1. The number of rotatable bonds is 6. The predicted molar refractivity (Wildman–Crippen MR) is 80.1 cm³/mol. The van der Waals surface area contributed by atoms with Crippen molar-refractivity contribution in [2.24, 2.45) is 0 Å². The molecule has 1 atom stereocenters. The van der Waals surface area contributed by atoms with Crippen LogP contribution in [0.2, 0.25) is 0 Å². The van der Waals surface area contributed by atoms with Gasteiger partial charge in [-0.2, -0.15) is 0 Å². The van der Waals surface area contributed by atoms with E-state index >= 15 is 0 Å². The zero-order valence-corrected chi connectivity index (χ0v) is 12.3. The van der Waals surface area contributed by atoms with E-state index in [1.54, 1.807) is 23.5 Å². The number of aryl methyl sites for hydroxylation is 1. The molecule has 0 radical (unpaired) electrons. The van der Waals surface area contributed by atoms with Crippen LogP contribution < -0.4 is 5.32 Å². The van der Waals surface area contributed by atoms with E-state index in [0.717, 1.165) is 24.9 Å². The molecule has 2 aromatic rings. The van der Waals surface area contributed by atoms with Crippen molar-refractivity contribution in [1.29, 1.82) is 0 Å². The second kappa shape index (κ2) is 6.83. The number of benzene rings is 1. The van der Waals surface area contributed by atoms with Gasteiger partial charge in [-0.1, -0.05) is 19.1 Å². The van der Waals surface area contributed by atoms with Gasteiger partial charge in [0.25, 0.3) is 0 Å². The molecule has 0 amide bonds. The third-order valence-electron chi connectivity index (χ3n) is 3.26. The van der Waals surface area contributed by atoms with Crippen LogP contribution in [-0.2, 0) is 19.4 Å². The molecule has 0 spiro atoms. The third-order valence-corrected chi connectivity index (χ3v) is 4.22. The molecule has 1 aromatic heterocycles. The van der Waals surface area contributed by atoms with Gasteiger partial charge in [-0.05, 0) is 54.5 Å². The maximum Gasteiger partial charge on any atom is 0.123 e. The minimum atomic E-state index is -0.156. The fourth-order valence-corrected chi connectivity index (χ4v) is 3.12. The maximum absolute atomic E-state index is 13.1. The molecular formula is C16H20FNS. The summed E-state index contributed by atoms with van der Waals surface area (Å²) in [4.78, 5) is 1.41. The molecule has 1 unspecified atom stereocenters. The molecule has 1 aromatic carbocycles. The van der Waals surface area contributed by atoms with Crippen LogP contribution in [0.15, 0.2) is 35.7 Å². The van der Waals surface area contributed by atoms with E-state index in [4.69, 9.17) is 0 Å². The first kappa shape index (κ1) is 14.2. The average Bonchev–Trinajstić information content (AvgIpc) is 2.83. The van der Waals surface area contributed by atoms with Crippen LogP contribution in [0, 0.1) is 5.82 Å². The Bertz CT molecular complexity index is 521. The quantitative estimate of drug-likeness (QED) is 0.835. The van der Waals surface area contributed by atoms with Crippen molar-refractivity contribution in [1.82, 2.24) is 5.32 Å². The number of hydrogen-bond donors (Lipinski definition) is 1. The Morgan fingerprint density at radius 1 is 1.32 bits per heavy atom. The summed E-state index contributed by atoms with van der Waals surface area (Å²) >= 11 is 1.80. The van der Waals surface area contributed by atoms with Crippen LogP contribution in [0.5, 0.6) is 0 Å². The van der Waals surface area contributed by atoms with E-state index in [9.17, 15) is 4.39 Å². The molecule has 0 bridgehead atoms. The molecule has 3 heteroatoms. The highest BCUT2D eigenvalue weighted by Gasteiger charge is 2.07. The van der Waals surface area contributed by atoms with Gasteiger partial charge in [0, 0.05) is 17.5 Å². The second-order valence-corrected chi connectivity index (χ2v) is 5.84. The summed E-state index contributed by atoms with van der Waals surface area (Å²) in [7, 11) is 0. The van der Waals surface area contributed by atoms with Crippen molar-refractivity contribution in [2.75, 3.05) is 0 Å². The molecule has 102 valence electrons. The van der Waals surface area contributed by atoms with Gasteiger partial charge in [0.15, 0.2) is 0 Å². The van der Waals surface area contributed by atoms with Crippen molar-refractivity contribution < 1.29 is 4.39 Å². The van der Waals surface area contributed by atoms with Crippen LogP contribution in [0.25, 0.3) is 0 Å². The van der Waals surface area contributed by atoms with Crippen LogP contribution >= 0.6 is 11.3 Å². The van der Waals surface area contributed by atoms with Gasteiger partial charge in [-0.25, -0.2) is 4.39 Å². The molecule has 0 fully saturated rings. The van der Waals surface area contributed by atoms with Gasteiger partial charge in [0.2, 0.25) is 0 Å². The molecule has 0 saturated carbocycles. The van der Waals surface area contributed by atoms with Crippen molar-refractivity contribution in [3.8, 4) is 0 Å². The van der Waals surface area contributed by atoms with Crippen LogP contribution in [0.1, 0.15) is 29.9 Å². The molecule has 0 aliphatic rings. The zero-order valence-electron chi connectivity index (χ0n) is 11.4. The van der Waals surface area contributed by atoms with E-state index in [2.05, 4.69) is 30.6 Å². The monoisotopic (exact) mass is 277 g/mol. The fourth-order valence-electron chi connectivity index (χ4n) is 2.19. The smallest absolute Gasteiger partial charge is 0.123 e. The van der Waals surface area contributed by atoms with E-state index < -0.39 is 0 Å². The molecule has 19 heavy (non-hydrogen) atoms. The van der Waals surface area contributed by atoms with Crippen LogP contribution in [0.3, 0.4) is 0 Å². The van der Waals surface area contributed by atoms with Gasteiger partial charge in [-0.15, -0.1) is 11.3 Å². The standard InChI is InChI=1S/C16H20FNS/c1-3-14-7-8-19-16(14)11-18-12(2)9-13-5-4-6-15(17)10-13/h4-8,10,12,18H,3,9,11H2,1-2H3. The summed E-state index contributed by atoms with van der Waals surface area (Å²) in [5.41, 5.74) is 2.47. The second-order valence-electron chi connectivity index (χ2n) is 4.84. The van der Waals surface area contributed by atoms with Gasteiger partial charge < -0.3 is 5.32 Å². The summed E-state index contributed by atoms with van der Waals surface area (Å²) in [6, 6.07) is 9.38. The Labute approximate surface area is 118 Å². The Hall–Kier alpha value is -1.19. The van der Waals surface area contributed by atoms with Crippen molar-refractivity contribution in [2.45, 2.75) is 39.3 Å². The van der Waals surface area contributed by atoms with E-state index in [0.29, 0.717) is 6.04 Å². The largest absolute Gasteiger partial charge is 0.309 e. The Kier molecular flexibility index (Phi) is 5.11. The first-order valence-electron chi connectivity index (χ1n) is 6.72. The Morgan fingerprint density at radius 3 is 2.89 bits per heavy atom. The SMILES string of the molecule is CCc1ccsc1CNC(C)Cc1cccc(F)c1. The van der Waals surface area contributed by atoms with Gasteiger partial charge >= 0.3 is 0 Å². The molecule has 2 rings (SSSR count).